The van der Waals surface area contributed by atoms with E-state index in [4.69, 9.17) is 5.73 Å². The molecule has 0 aliphatic heterocycles. The van der Waals surface area contributed by atoms with E-state index >= 15 is 0 Å². The average Bonchev–Trinajstić information content (AvgIpc) is 1.94. The summed E-state index contributed by atoms with van der Waals surface area (Å²) in [5.41, 5.74) is 6.53. The topological polar surface area (TPSA) is 51.8 Å². The largest absolute Gasteiger partial charge is 0.383 e. The van der Waals surface area contributed by atoms with Gasteiger partial charge in [-0.15, -0.1) is 0 Å². The predicted octanol–water partition coefficient (Wildman–Crippen LogP) is 0.996. The molecule has 0 bridgehead atoms. The molecule has 4 heteroatoms. The first kappa shape index (κ1) is 7.47. The highest BCUT2D eigenvalue weighted by atomic mass is 79.9. The van der Waals surface area contributed by atoms with E-state index in [0.29, 0.717) is 5.82 Å². The molecule has 1 aromatic heterocycles. The molecule has 0 saturated heterocycles. The third-order valence-electron chi connectivity index (χ3n) is 1.19. The van der Waals surface area contributed by atoms with E-state index in [1.165, 1.54) is 6.33 Å². The Hall–Kier alpha value is -0.640. The van der Waals surface area contributed by atoms with Crippen LogP contribution in [0.2, 0.25) is 0 Å². The van der Waals surface area contributed by atoms with Gasteiger partial charge in [-0.2, -0.15) is 0 Å². The second-order valence-electron chi connectivity index (χ2n) is 1.87. The SMILES string of the molecule is Nc1ncncc1CCBr. The van der Waals surface area contributed by atoms with Gasteiger partial charge >= 0.3 is 0 Å². The van der Waals surface area contributed by atoms with Crippen LogP contribution >= 0.6 is 15.9 Å². The molecule has 0 fully saturated rings. The lowest BCUT2D eigenvalue weighted by Crippen LogP contribution is -1.98. The van der Waals surface area contributed by atoms with Crippen LogP contribution in [0.1, 0.15) is 5.56 Å². The van der Waals surface area contributed by atoms with Crippen LogP contribution in [0.3, 0.4) is 0 Å². The van der Waals surface area contributed by atoms with E-state index in [0.717, 1.165) is 17.3 Å². The number of hydrogen-bond donors (Lipinski definition) is 1. The van der Waals surface area contributed by atoms with Gasteiger partial charge in [0, 0.05) is 17.1 Å². The maximum absolute atomic E-state index is 5.53. The summed E-state index contributed by atoms with van der Waals surface area (Å²) in [4.78, 5) is 7.70. The van der Waals surface area contributed by atoms with Gasteiger partial charge in [-0.25, -0.2) is 9.97 Å². The van der Waals surface area contributed by atoms with Crippen LogP contribution in [0.5, 0.6) is 0 Å². The lowest BCUT2D eigenvalue weighted by atomic mass is 10.2. The third-order valence-corrected chi connectivity index (χ3v) is 1.58. The van der Waals surface area contributed by atoms with E-state index in [9.17, 15) is 0 Å². The fourth-order valence-electron chi connectivity index (χ4n) is 0.662. The highest BCUT2D eigenvalue weighted by Gasteiger charge is 1.96. The normalized spacial score (nSPS) is 9.70. The number of rotatable bonds is 2. The maximum Gasteiger partial charge on any atom is 0.129 e. The van der Waals surface area contributed by atoms with Crippen molar-refractivity contribution in [3.63, 3.8) is 0 Å². The molecule has 0 aromatic carbocycles. The Bertz CT molecular complexity index is 214. The van der Waals surface area contributed by atoms with E-state index in [1.807, 2.05) is 0 Å². The van der Waals surface area contributed by atoms with Gasteiger partial charge in [0.25, 0.3) is 0 Å². The Labute approximate surface area is 67.8 Å². The summed E-state index contributed by atoms with van der Waals surface area (Å²) >= 11 is 3.31. The molecular weight excluding hydrogens is 194 g/mol. The molecule has 0 saturated carbocycles. The third kappa shape index (κ3) is 1.67. The van der Waals surface area contributed by atoms with Crippen molar-refractivity contribution in [3.8, 4) is 0 Å². The van der Waals surface area contributed by atoms with E-state index in [-0.39, 0.29) is 0 Å². The van der Waals surface area contributed by atoms with Crippen LogP contribution < -0.4 is 5.73 Å². The molecule has 0 unspecified atom stereocenters. The summed E-state index contributed by atoms with van der Waals surface area (Å²) in [7, 11) is 0. The van der Waals surface area contributed by atoms with Crippen molar-refractivity contribution in [1.82, 2.24) is 9.97 Å². The standard InChI is InChI=1S/C6H8BrN3/c7-2-1-5-3-9-4-10-6(5)8/h3-4H,1-2H2,(H2,8,9,10). The van der Waals surface area contributed by atoms with Crippen molar-refractivity contribution < 1.29 is 0 Å². The van der Waals surface area contributed by atoms with Gasteiger partial charge in [-0.1, -0.05) is 15.9 Å². The number of halogens is 1. The van der Waals surface area contributed by atoms with Gasteiger partial charge in [0.15, 0.2) is 0 Å². The van der Waals surface area contributed by atoms with Crippen LogP contribution in [0, 0.1) is 0 Å². The van der Waals surface area contributed by atoms with Crippen LogP contribution in [-0.2, 0) is 6.42 Å². The van der Waals surface area contributed by atoms with E-state index < -0.39 is 0 Å². The molecule has 0 aliphatic carbocycles. The highest BCUT2D eigenvalue weighted by Crippen LogP contribution is 2.06. The number of hydrogen-bond acceptors (Lipinski definition) is 3. The number of nitrogen functional groups attached to an aromatic ring is 1. The molecule has 1 heterocycles. The highest BCUT2D eigenvalue weighted by molar-refractivity contribution is 9.09. The zero-order valence-corrected chi connectivity index (χ0v) is 7.00. The molecule has 0 spiro atoms. The summed E-state index contributed by atoms with van der Waals surface area (Å²) in [5.74, 6) is 0.578. The van der Waals surface area contributed by atoms with Gasteiger partial charge in [-0.05, 0) is 6.42 Å². The fourth-order valence-corrected chi connectivity index (χ4v) is 1.09. The number of aryl methyl sites for hydroxylation is 1. The Kier molecular flexibility index (Phi) is 2.62. The minimum atomic E-state index is 0.578. The van der Waals surface area contributed by atoms with Crippen molar-refractivity contribution in [1.29, 1.82) is 0 Å². The Balaban J connectivity index is 2.81. The predicted molar refractivity (Wildman–Crippen MR) is 43.9 cm³/mol. The van der Waals surface area contributed by atoms with E-state index in [1.54, 1.807) is 6.20 Å². The van der Waals surface area contributed by atoms with Crippen LogP contribution in [0.4, 0.5) is 5.82 Å². The summed E-state index contributed by atoms with van der Waals surface area (Å²) < 4.78 is 0. The number of anilines is 1. The molecule has 2 N–H and O–H groups in total. The Morgan fingerprint density at radius 1 is 1.60 bits per heavy atom. The van der Waals surface area contributed by atoms with E-state index in [2.05, 4.69) is 25.9 Å². The van der Waals surface area contributed by atoms with Crippen LogP contribution in [-0.4, -0.2) is 15.3 Å². The molecule has 1 aromatic rings. The fraction of sp³-hybridized carbons (Fsp3) is 0.333. The Morgan fingerprint density at radius 3 is 3.00 bits per heavy atom. The molecule has 54 valence electrons. The summed E-state index contributed by atoms with van der Waals surface area (Å²) in [6.45, 7) is 0. The molecular formula is C6H8BrN3. The van der Waals surface area contributed by atoms with Gasteiger partial charge in [0.1, 0.15) is 12.1 Å². The first-order valence-electron chi connectivity index (χ1n) is 2.95. The zero-order chi connectivity index (χ0) is 7.40. The lowest BCUT2D eigenvalue weighted by molar-refractivity contribution is 1.07. The number of aromatic nitrogens is 2. The van der Waals surface area contributed by atoms with Crippen LogP contribution in [0.25, 0.3) is 0 Å². The summed E-state index contributed by atoms with van der Waals surface area (Å²) in [6, 6.07) is 0. The second-order valence-corrected chi connectivity index (χ2v) is 2.67. The zero-order valence-electron chi connectivity index (χ0n) is 5.42. The summed E-state index contributed by atoms with van der Waals surface area (Å²) in [6.07, 6.45) is 4.07. The van der Waals surface area contributed by atoms with Crippen molar-refractivity contribution in [2.75, 3.05) is 11.1 Å². The monoisotopic (exact) mass is 201 g/mol. The van der Waals surface area contributed by atoms with Gasteiger partial charge in [-0.3, -0.25) is 0 Å². The molecule has 0 atom stereocenters. The average molecular weight is 202 g/mol. The lowest BCUT2D eigenvalue weighted by Gasteiger charge is -1.98. The van der Waals surface area contributed by atoms with Crippen molar-refractivity contribution in [2.24, 2.45) is 0 Å². The quantitative estimate of drug-likeness (QED) is 0.727. The van der Waals surface area contributed by atoms with Crippen molar-refractivity contribution >= 4 is 21.7 Å². The van der Waals surface area contributed by atoms with Crippen molar-refractivity contribution in [2.45, 2.75) is 6.42 Å². The molecule has 3 nitrogen and oxygen atoms in total. The Morgan fingerprint density at radius 2 is 2.40 bits per heavy atom. The minimum Gasteiger partial charge on any atom is -0.383 e. The molecule has 1 rings (SSSR count). The van der Waals surface area contributed by atoms with Gasteiger partial charge < -0.3 is 5.73 Å². The summed E-state index contributed by atoms with van der Waals surface area (Å²) in [5, 5.41) is 0.893. The smallest absolute Gasteiger partial charge is 0.129 e. The minimum absolute atomic E-state index is 0.578. The van der Waals surface area contributed by atoms with Gasteiger partial charge in [0.2, 0.25) is 0 Å². The van der Waals surface area contributed by atoms with Gasteiger partial charge in [0.05, 0.1) is 0 Å². The first-order valence-corrected chi connectivity index (χ1v) is 4.07. The number of nitrogens with two attached hydrogens (primary N) is 1. The molecule has 0 aliphatic rings. The maximum atomic E-state index is 5.53. The molecule has 0 radical (unpaired) electrons. The number of alkyl halides is 1. The van der Waals surface area contributed by atoms with Crippen molar-refractivity contribution in [3.05, 3.63) is 18.1 Å². The first-order chi connectivity index (χ1) is 4.84. The number of nitrogens with zero attached hydrogens (tertiary/aromatic N) is 2. The van der Waals surface area contributed by atoms with Crippen LogP contribution in [0.15, 0.2) is 12.5 Å². The molecule has 0 amide bonds. The second kappa shape index (κ2) is 3.51. The molecule has 10 heavy (non-hydrogen) atoms.